The van der Waals surface area contributed by atoms with Crippen molar-refractivity contribution in [3.05, 3.63) is 23.3 Å². The van der Waals surface area contributed by atoms with Crippen molar-refractivity contribution in [3.63, 3.8) is 0 Å². The molecule has 9 heteroatoms. The molecule has 9 nitrogen and oxygen atoms in total. The minimum Gasteiger partial charge on any atom is -0.494 e. The number of epoxide rings is 1. The largest absolute Gasteiger partial charge is 0.494 e. The van der Waals surface area contributed by atoms with Crippen molar-refractivity contribution in [3.8, 4) is 11.8 Å². The number of carbonyl (C=O) groups excluding carboxylic acids is 3. The molecule has 3 heterocycles. The lowest BCUT2D eigenvalue weighted by Gasteiger charge is -2.13. The average molecular weight is 418 g/mol. The van der Waals surface area contributed by atoms with Gasteiger partial charge < -0.3 is 19.7 Å². The van der Waals surface area contributed by atoms with E-state index < -0.39 is 0 Å². The SMILES string of the molecule is O=C(CCCCCN1C(=O)C=CC1=O)OCCCn1c(O)c2c(c1O)CC1OC1C2. The van der Waals surface area contributed by atoms with Crippen LogP contribution in [0.2, 0.25) is 0 Å². The molecule has 0 spiro atoms. The quantitative estimate of drug-likeness (QED) is 0.253. The first kappa shape index (κ1) is 20.5. The van der Waals surface area contributed by atoms with Gasteiger partial charge in [0.1, 0.15) is 0 Å². The average Bonchev–Trinajstić information content (AvgIpc) is 3.38. The second-order valence-corrected chi connectivity index (χ2v) is 7.92. The van der Waals surface area contributed by atoms with Crippen LogP contribution in [0.15, 0.2) is 12.2 Å². The monoisotopic (exact) mass is 418 g/mol. The summed E-state index contributed by atoms with van der Waals surface area (Å²) in [5.41, 5.74) is 1.52. The molecule has 2 aliphatic heterocycles. The lowest BCUT2D eigenvalue weighted by Crippen LogP contribution is -2.30. The summed E-state index contributed by atoms with van der Waals surface area (Å²) in [6, 6.07) is 0. The van der Waals surface area contributed by atoms with Crippen molar-refractivity contribution in [2.24, 2.45) is 0 Å². The van der Waals surface area contributed by atoms with Crippen LogP contribution in [0.1, 0.15) is 43.2 Å². The standard InChI is InChI=1S/C21H26N2O7/c24-17-6-7-18(25)22(17)8-3-1-2-5-19(26)29-10-4-9-23-20(27)13-11-15-16(30-15)12-14(13)21(23)28/h6-7,15-16,27-28H,1-5,8-12H2. The van der Waals surface area contributed by atoms with E-state index in [9.17, 15) is 24.6 Å². The molecule has 2 amide bonds. The summed E-state index contributed by atoms with van der Waals surface area (Å²) in [6.07, 6.45) is 6.84. The van der Waals surface area contributed by atoms with Gasteiger partial charge in [0, 0.05) is 55.6 Å². The topological polar surface area (TPSA) is 122 Å². The number of fused-ring (bicyclic) bond motifs is 2. The van der Waals surface area contributed by atoms with Gasteiger partial charge in [0.05, 0.1) is 18.8 Å². The minimum atomic E-state index is -0.303. The maximum Gasteiger partial charge on any atom is 0.305 e. The second-order valence-electron chi connectivity index (χ2n) is 7.92. The van der Waals surface area contributed by atoms with Crippen LogP contribution in [0.25, 0.3) is 0 Å². The molecule has 0 saturated carbocycles. The molecule has 4 rings (SSSR count). The van der Waals surface area contributed by atoms with Crippen LogP contribution in [0.5, 0.6) is 11.8 Å². The van der Waals surface area contributed by atoms with Gasteiger partial charge in [0.15, 0.2) is 11.8 Å². The number of carbonyl (C=O) groups is 3. The van der Waals surface area contributed by atoms with Gasteiger partial charge in [-0.25, -0.2) is 0 Å². The molecule has 1 aliphatic carbocycles. The van der Waals surface area contributed by atoms with Crippen LogP contribution >= 0.6 is 0 Å². The van der Waals surface area contributed by atoms with Crippen LogP contribution < -0.4 is 0 Å². The Morgan fingerprint density at radius 2 is 1.60 bits per heavy atom. The van der Waals surface area contributed by atoms with Gasteiger partial charge in [-0.05, 0) is 19.3 Å². The summed E-state index contributed by atoms with van der Waals surface area (Å²) in [7, 11) is 0. The molecule has 0 aromatic carbocycles. The number of rotatable bonds is 10. The zero-order chi connectivity index (χ0) is 21.3. The Kier molecular flexibility index (Phi) is 5.80. The predicted molar refractivity (Wildman–Crippen MR) is 104 cm³/mol. The van der Waals surface area contributed by atoms with E-state index in [0.717, 1.165) is 11.1 Å². The van der Waals surface area contributed by atoms with E-state index in [2.05, 4.69) is 0 Å². The van der Waals surface area contributed by atoms with Gasteiger partial charge in [-0.15, -0.1) is 0 Å². The summed E-state index contributed by atoms with van der Waals surface area (Å²) < 4.78 is 12.1. The smallest absolute Gasteiger partial charge is 0.305 e. The molecule has 30 heavy (non-hydrogen) atoms. The zero-order valence-corrected chi connectivity index (χ0v) is 16.7. The fourth-order valence-corrected chi connectivity index (χ4v) is 4.13. The third-order valence-corrected chi connectivity index (χ3v) is 5.87. The van der Waals surface area contributed by atoms with Gasteiger partial charge in [-0.2, -0.15) is 0 Å². The normalized spacial score (nSPS) is 21.7. The molecule has 2 N–H and O–H groups in total. The molecule has 1 saturated heterocycles. The van der Waals surface area contributed by atoms with E-state index in [4.69, 9.17) is 9.47 Å². The van der Waals surface area contributed by atoms with E-state index in [1.54, 1.807) is 0 Å². The highest BCUT2D eigenvalue weighted by Crippen LogP contribution is 2.45. The Balaban J connectivity index is 1.10. The van der Waals surface area contributed by atoms with E-state index in [0.29, 0.717) is 51.6 Å². The molecule has 162 valence electrons. The maximum atomic E-state index is 11.8. The molecule has 2 atom stereocenters. The summed E-state index contributed by atoms with van der Waals surface area (Å²) in [4.78, 5) is 35.9. The van der Waals surface area contributed by atoms with Crippen LogP contribution in [-0.2, 0) is 43.2 Å². The summed E-state index contributed by atoms with van der Waals surface area (Å²) in [5, 5.41) is 20.7. The van der Waals surface area contributed by atoms with Crippen molar-refractivity contribution in [1.82, 2.24) is 9.47 Å². The highest BCUT2D eigenvalue weighted by atomic mass is 16.6. The van der Waals surface area contributed by atoms with Gasteiger partial charge >= 0.3 is 5.97 Å². The maximum absolute atomic E-state index is 11.8. The first-order chi connectivity index (χ1) is 14.5. The second kappa shape index (κ2) is 8.51. The van der Waals surface area contributed by atoms with Gasteiger partial charge in [-0.1, -0.05) is 6.42 Å². The van der Waals surface area contributed by atoms with E-state index >= 15 is 0 Å². The molecule has 1 fully saturated rings. The minimum absolute atomic E-state index is 0.0768. The van der Waals surface area contributed by atoms with E-state index in [-0.39, 0.29) is 54.8 Å². The number of ether oxygens (including phenoxy) is 2. The van der Waals surface area contributed by atoms with Gasteiger partial charge in [0.2, 0.25) is 0 Å². The Morgan fingerprint density at radius 1 is 0.967 bits per heavy atom. The number of aromatic hydroxyl groups is 2. The fraction of sp³-hybridized carbons (Fsp3) is 0.571. The van der Waals surface area contributed by atoms with Gasteiger partial charge in [-0.3, -0.25) is 23.9 Å². The molecule has 2 unspecified atom stereocenters. The number of aromatic nitrogens is 1. The number of hydrogen-bond acceptors (Lipinski definition) is 7. The third-order valence-electron chi connectivity index (χ3n) is 5.87. The first-order valence-corrected chi connectivity index (χ1v) is 10.4. The Morgan fingerprint density at radius 3 is 2.23 bits per heavy atom. The lowest BCUT2D eigenvalue weighted by atomic mass is 9.95. The molecule has 1 aromatic heterocycles. The molecule has 0 radical (unpaired) electrons. The Bertz CT molecular complexity index is 837. The van der Waals surface area contributed by atoms with Crippen molar-refractivity contribution < 1.29 is 34.1 Å². The molecular formula is C21H26N2O7. The van der Waals surface area contributed by atoms with Crippen molar-refractivity contribution in [2.45, 2.75) is 63.7 Å². The van der Waals surface area contributed by atoms with Crippen LogP contribution in [0, 0.1) is 0 Å². The number of unbranched alkanes of at least 4 members (excludes halogenated alkanes) is 2. The number of imide groups is 1. The van der Waals surface area contributed by atoms with Crippen LogP contribution in [0.3, 0.4) is 0 Å². The number of hydrogen-bond donors (Lipinski definition) is 2. The summed E-state index contributed by atoms with van der Waals surface area (Å²) in [5.74, 6) is -0.723. The van der Waals surface area contributed by atoms with Crippen molar-refractivity contribution >= 4 is 17.8 Å². The van der Waals surface area contributed by atoms with Crippen molar-refractivity contribution in [2.75, 3.05) is 13.2 Å². The zero-order valence-electron chi connectivity index (χ0n) is 16.7. The molecule has 3 aliphatic rings. The lowest BCUT2D eigenvalue weighted by molar-refractivity contribution is -0.144. The van der Waals surface area contributed by atoms with Gasteiger partial charge in [0.25, 0.3) is 11.8 Å². The highest BCUT2D eigenvalue weighted by molar-refractivity contribution is 6.12. The predicted octanol–water partition coefficient (Wildman–Crippen LogP) is 1.18. The number of amides is 2. The molecule has 0 bridgehead atoms. The summed E-state index contributed by atoms with van der Waals surface area (Å²) >= 11 is 0. The Labute approximate surface area is 173 Å². The number of esters is 1. The first-order valence-electron chi connectivity index (χ1n) is 10.4. The van der Waals surface area contributed by atoms with E-state index in [1.807, 2.05) is 0 Å². The summed E-state index contributed by atoms with van der Waals surface area (Å²) in [6.45, 7) is 0.929. The fourth-order valence-electron chi connectivity index (χ4n) is 4.13. The molecule has 1 aromatic rings. The Hall–Kier alpha value is -2.81. The third kappa shape index (κ3) is 4.21. The highest BCUT2D eigenvalue weighted by Gasteiger charge is 2.46. The van der Waals surface area contributed by atoms with Crippen LogP contribution in [0.4, 0.5) is 0 Å². The number of nitrogens with zero attached hydrogens (tertiary/aromatic N) is 2. The van der Waals surface area contributed by atoms with Crippen LogP contribution in [-0.4, -0.2) is 62.8 Å². The van der Waals surface area contributed by atoms with Crippen molar-refractivity contribution in [1.29, 1.82) is 0 Å². The molecular weight excluding hydrogens is 392 g/mol. The van der Waals surface area contributed by atoms with E-state index in [1.165, 1.54) is 21.6 Å².